The molecule has 0 unspecified atom stereocenters. The standard InChI is InChI=1S/C18H19N3O4/c1-13(2)25-16-9-7-14(8-10-16)12-19-20-18(22)11-15-5-3-4-6-17(15)21(23)24/h3-10,12-13H,11H2,1-2H3,(H,20,22)/b19-12+. The molecule has 2 aromatic rings. The SMILES string of the molecule is CC(C)Oc1ccc(/C=N/NC(=O)Cc2ccccc2[N+](=O)[O-])cc1. The van der Waals surface area contributed by atoms with Crippen molar-refractivity contribution >= 4 is 17.8 Å². The van der Waals surface area contributed by atoms with Gasteiger partial charge in [0.15, 0.2) is 0 Å². The first-order chi connectivity index (χ1) is 12.0. The number of hydrogen-bond acceptors (Lipinski definition) is 5. The third-order valence-electron chi connectivity index (χ3n) is 3.19. The molecule has 2 aromatic carbocycles. The second kappa shape index (κ2) is 8.58. The lowest BCUT2D eigenvalue weighted by atomic mass is 10.1. The molecule has 0 aromatic heterocycles. The van der Waals surface area contributed by atoms with Gasteiger partial charge >= 0.3 is 0 Å². The van der Waals surface area contributed by atoms with Crippen LogP contribution in [0.1, 0.15) is 25.0 Å². The van der Waals surface area contributed by atoms with Crippen molar-refractivity contribution in [2.45, 2.75) is 26.4 Å². The Morgan fingerprint density at radius 2 is 1.92 bits per heavy atom. The fourth-order valence-corrected chi connectivity index (χ4v) is 2.13. The Bertz CT molecular complexity index is 770. The summed E-state index contributed by atoms with van der Waals surface area (Å²) in [6.45, 7) is 3.89. The van der Waals surface area contributed by atoms with Crippen LogP contribution in [0.3, 0.4) is 0 Å². The number of rotatable bonds is 7. The average molecular weight is 341 g/mol. The fraction of sp³-hybridized carbons (Fsp3) is 0.222. The molecule has 0 atom stereocenters. The van der Waals surface area contributed by atoms with Gasteiger partial charge in [-0.1, -0.05) is 18.2 Å². The topological polar surface area (TPSA) is 93.8 Å². The zero-order chi connectivity index (χ0) is 18.2. The summed E-state index contributed by atoms with van der Waals surface area (Å²) in [5.41, 5.74) is 3.42. The monoisotopic (exact) mass is 341 g/mol. The summed E-state index contributed by atoms with van der Waals surface area (Å²) in [4.78, 5) is 22.3. The van der Waals surface area contributed by atoms with Gasteiger partial charge in [-0.3, -0.25) is 14.9 Å². The van der Waals surface area contributed by atoms with Crippen LogP contribution >= 0.6 is 0 Å². The van der Waals surface area contributed by atoms with E-state index in [1.807, 2.05) is 38.1 Å². The van der Waals surface area contributed by atoms with Crippen molar-refractivity contribution in [3.8, 4) is 5.75 Å². The molecule has 0 saturated carbocycles. The second-order valence-electron chi connectivity index (χ2n) is 5.59. The van der Waals surface area contributed by atoms with Crippen LogP contribution in [0.4, 0.5) is 5.69 Å². The second-order valence-corrected chi connectivity index (χ2v) is 5.59. The molecule has 7 heteroatoms. The zero-order valence-corrected chi connectivity index (χ0v) is 14.0. The van der Waals surface area contributed by atoms with Crippen LogP contribution in [0.5, 0.6) is 5.75 Å². The molecular formula is C18H19N3O4. The Balaban J connectivity index is 1.91. The van der Waals surface area contributed by atoms with Gasteiger partial charge in [-0.25, -0.2) is 5.43 Å². The maximum Gasteiger partial charge on any atom is 0.273 e. The fourth-order valence-electron chi connectivity index (χ4n) is 2.13. The summed E-state index contributed by atoms with van der Waals surface area (Å²) in [6, 6.07) is 13.4. The van der Waals surface area contributed by atoms with Gasteiger partial charge in [0.2, 0.25) is 5.91 Å². The van der Waals surface area contributed by atoms with Crippen molar-refractivity contribution < 1.29 is 14.5 Å². The van der Waals surface area contributed by atoms with Crippen LogP contribution < -0.4 is 10.2 Å². The smallest absolute Gasteiger partial charge is 0.273 e. The molecule has 130 valence electrons. The molecule has 0 heterocycles. The summed E-state index contributed by atoms with van der Waals surface area (Å²) >= 11 is 0. The van der Waals surface area contributed by atoms with E-state index in [4.69, 9.17) is 4.74 Å². The van der Waals surface area contributed by atoms with E-state index in [0.29, 0.717) is 5.56 Å². The number of benzene rings is 2. The molecule has 0 bridgehead atoms. The number of amides is 1. The van der Waals surface area contributed by atoms with Crippen LogP contribution in [-0.4, -0.2) is 23.1 Å². The van der Waals surface area contributed by atoms with E-state index in [1.54, 1.807) is 18.2 Å². The first kappa shape index (κ1) is 18.1. The van der Waals surface area contributed by atoms with Crippen LogP contribution in [-0.2, 0) is 11.2 Å². The van der Waals surface area contributed by atoms with E-state index in [1.165, 1.54) is 12.3 Å². The third-order valence-corrected chi connectivity index (χ3v) is 3.19. The molecule has 7 nitrogen and oxygen atoms in total. The third kappa shape index (κ3) is 5.72. The van der Waals surface area contributed by atoms with E-state index in [9.17, 15) is 14.9 Å². The van der Waals surface area contributed by atoms with E-state index >= 15 is 0 Å². The Morgan fingerprint density at radius 1 is 1.24 bits per heavy atom. The highest BCUT2D eigenvalue weighted by Crippen LogP contribution is 2.18. The van der Waals surface area contributed by atoms with Gasteiger partial charge in [0.05, 0.1) is 23.7 Å². The zero-order valence-electron chi connectivity index (χ0n) is 14.0. The van der Waals surface area contributed by atoms with Crippen LogP contribution in [0, 0.1) is 10.1 Å². The number of nitro groups is 1. The number of carbonyl (C=O) groups excluding carboxylic acids is 1. The molecular weight excluding hydrogens is 322 g/mol. The normalized spacial score (nSPS) is 10.8. The first-order valence-electron chi connectivity index (χ1n) is 7.76. The first-order valence-corrected chi connectivity index (χ1v) is 7.76. The predicted octanol–water partition coefficient (Wildman–Crippen LogP) is 3.07. The van der Waals surface area contributed by atoms with Crippen molar-refractivity contribution in [3.05, 3.63) is 69.8 Å². The van der Waals surface area contributed by atoms with Gasteiger partial charge in [0.25, 0.3) is 5.69 Å². The van der Waals surface area contributed by atoms with E-state index < -0.39 is 10.8 Å². The molecule has 1 amide bonds. The Morgan fingerprint density at radius 3 is 2.56 bits per heavy atom. The van der Waals surface area contributed by atoms with Crippen molar-refractivity contribution in [3.63, 3.8) is 0 Å². The largest absolute Gasteiger partial charge is 0.491 e. The van der Waals surface area contributed by atoms with Gasteiger partial charge in [-0.05, 0) is 43.7 Å². The van der Waals surface area contributed by atoms with Crippen molar-refractivity contribution in [1.82, 2.24) is 5.43 Å². The van der Waals surface area contributed by atoms with Gasteiger partial charge in [0.1, 0.15) is 5.75 Å². The molecule has 2 rings (SSSR count). The Labute approximate surface area is 145 Å². The highest BCUT2D eigenvalue weighted by Gasteiger charge is 2.14. The molecule has 25 heavy (non-hydrogen) atoms. The predicted molar refractivity (Wildman–Crippen MR) is 94.7 cm³/mol. The number of nitro benzene ring substituents is 1. The molecule has 0 radical (unpaired) electrons. The maximum atomic E-state index is 11.9. The molecule has 0 aliphatic heterocycles. The number of hydrazone groups is 1. The number of hydrogen-bond donors (Lipinski definition) is 1. The average Bonchev–Trinajstić information content (AvgIpc) is 2.56. The lowest BCUT2D eigenvalue weighted by molar-refractivity contribution is -0.385. The van der Waals surface area contributed by atoms with E-state index in [2.05, 4.69) is 10.5 Å². The van der Waals surface area contributed by atoms with E-state index in [0.717, 1.165) is 11.3 Å². The van der Waals surface area contributed by atoms with Gasteiger partial charge < -0.3 is 4.74 Å². The number of ether oxygens (including phenoxy) is 1. The van der Waals surface area contributed by atoms with Crippen molar-refractivity contribution in [2.75, 3.05) is 0 Å². The van der Waals surface area contributed by atoms with E-state index in [-0.39, 0.29) is 18.2 Å². The minimum atomic E-state index is -0.507. The van der Waals surface area contributed by atoms with Gasteiger partial charge in [-0.15, -0.1) is 0 Å². The molecule has 1 N–H and O–H groups in total. The summed E-state index contributed by atoms with van der Waals surface area (Å²) < 4.78 is 5.54. The number of nitrogens with zero attached hydrogens (tertiary/aromatic N) is 2. The van der Waals surface area contributed by atoms with Crippen LogP contribution in [0.25, 0.3) is 0 Å². The van der Waals surface area contributed by atoms with Crippen molar-refractivity contribution in [2.24, 2.45) is 5.10 Å². The molecule has 0 spiro atoms. The lowest BCUT2D eigenvalue weighted by Gasteiger charge is -2.09. The summed E-state index contributed by atoms with van der Waals surface area (Å²) in [5, 5.41) is 14.8. The van der Waals surface area contributed by atoms with Crippen LogP contribution in [0.2, 0.25) is 0 Å². The molecule has 0 aliphatic rings. The Kier molecular flexibility index (Phi) is 6.22. The highest BCUT2D eigenvalue weighted by molar-refractivity contribution is 5.83. The van der Waals surface area contributed by atoms with Gasteiger partial charge in [-0.2, -0.15) is 5.10 Å². The van der Waals surface area contributed by atoms with Gasteiger partial charge in [0, 0.05) is 11.6 Å². The molecule has 0 saturated heterocycles. The minimum Gasteiger partial charge on any atom is -0.491 e. The summed E-state index contributed by atoms with van der Waals surface area (Å²) in [6.07, 6.45) is 1.48. The lowest BCUT2D eigenvalue weighted by Crippen LogP contribution is -2.20. The quantitative estimate of drug-likeness (QED) is 0.476. The number of nitrogens with one attached hydrogen (secondary N) is 1. The van der Waals surface area contributed by atoms with Crippen LogP contribution in [0.15, 0.2) is 53.6 Å². The summed E-state index contributed by atoms with van der Waals surface area (Å²) in [5.74, 6) is 0.331. The summed E-state index contributed by atoms with van der Waals surface area (Å²) in [7, 11) is 0. The minimum absolute atomic E-state index is 0.0811. The van der Waals surface area contributed by atoms with Crippen molar-refractivity contribution in [1.29, 1.82) is 0 Å². The molecule has 0 fully saturated rings. The molecule has 0 aliphatic carbocycles. The Hall–Kier alpha value is -3.22. The highest BCUT2D eigenvalue weighted by atomic mass is 16.6. The number of para-hydroxylation sites is 1. The maximum absolute atomic E-state index is 11.9. The number of carbonyl (C=O) groups is 1.